The standard InChI is InChI=1S/C18H27N5O3S2.HI/c1-19-18(20-8-9-22-28(24,25)17-7-5-13-27-17)21-14-15(16-6-4-12-26-16)23-10-2-3-11-23;/h4-7,12-13,15,22H,2-3,8-11,14H2,1H3,(H2,19,20,21);1H. The number of halogens is 1. The molecule has 3 heterocycles. The Hall–Kier alpha value is -1.15. The van der Waals surface area contributed by atoms with E-state index in [2.05, 4.69) is 25.2 Å². The molecule has 1 fully saturated rings. The third kappa shape index (κ3) is 6.95. The lowest BCUT2D eigenvalue weighted by atomic mass is 10.2. The summed E-state index contributed by atoms with van der Waals surface area (Å²) >= 11 is 1.20. The molecule has 2 aromatic heterocycles. The second-order valence-corrected chi connectivity index (χ2v) is 9.43. The lowest BCUT2D eigenvalue weighted by Gasteiger charge is -2.26. The lowest BCUT2D eigenvalue weighted by Crippen LogP contribution is -2.44. The summed E-state index contributed by atoms with van der Waals surface area (Å²) in [4.78, 5) is 6.63. The Kier molecular flexibility index (Phi) is 9.89. The fourth-order valence-electron chi connectivity index (χ4n) is 3.21. The minimum atomic E-state index is -3.44. The Bertz CT molecular complexity index is 835. The summed E-state index contributed by atoms with van der Waals surface area (Å²) in [5.41, 5.74) is 0. The van der Waals surface area contributed by atoms with Crippen molar-refractivity contribution in [2.24, 2.45) is 4.99 Å². The summed E-state index contributed by atoms with van der Waals surface area (Å²) in [6, 6.07) is 7.37. The van der Waals surface area contributed by atoms with E-state index in [0.717, 1.165) is 18.8 Å². The van der Waals surface area contributed by atoms with Crippen LogP contribution in [0.4, 0.5) is 0 Å². The number of thiophene rings is 1. The maximum absolute atomic E-state index is 12.1. The summed E-state index contributed by atoms with van der Waals surface area (Å²) in [5, 5.41) is 8.21. The van der Waals surface area contributed by atoms with Gasteiger partial charge in [-0.2, -0.15) is 0 Å². The maximum atomic E-state index is 12.1. The molecule has 0 radical (unpaired) electrons. The molecule has 1 aliphatic rings. The fourth-order valence-corrected chi connectivity index (χ4v) is 5.28. The van der Waals surface area contributed by atoms with E-state index in [1.165, 1.54) is 24.2 Å². The number of rotatable bonds is 9. The number of hydrogen-bond donors (Lipinski definition) is 3. The normalized spacial score (nSPS) is 16.4. The van der Waals surface area contributed by atoms with Crippen LogP contribution in [0.1, 0.15) is 24.6 Å². The number of nitrogens with one attached hydrogen (secondary N) is 3. The van der Waals surface area contributed by atoms with E-state index < -0.39 is 10.0 Å². The molecule has 0 saturated carbocycles. The van der Waals surface area contributed by atoms with Gasteiger partial charge in [-0.15, -0.1) is 35.3 Å². The molecule has 1 saturated heterocycles. The van der Waals surface area contributed by atoms with Gasteiger partial charge < -0.3 is 15.1 Å². The van der Waals surface area contributed by atoms with Crippen LogP contribution in [-0.4, -0.2) is 59.0 Å². The van der Waals surface area contributed by atoms with Crippen LogP contribution in [0.25, 0.3) is 0 Å². The van der Waals surface area contributed by atoms with E-state index in [-0.39, 0.29) is 36.6 Å². The van der Waals surface area contributed by atoms with Gasteiger partial charge in [0.05, 0.1) is 12.3 Å². The van der Waals surface area contributed by atoms with Crippen molar-refractivity contribution in [2.75, 3.05) is 39.8 Å². The van der Waals surface area contributed by atoms with Gasteiger partial charge in [-0.25, -0.2) is 13.1 Å². The van der Waals surface area contributed by atoms with E-state index in [1.54, 1.807) is 30.8 Å². The number of sulfonamides is 1. The van der Waals surface area contributed by atoms with Crippen LogP contribution in [0.5, 0.6) is 0 Å². The number of likely N-dealkylation sites (tertiary alicyclic amines) is 1. The molecule has 1 unspecified atom stereocenters. The smallest absolute Gasteiger partial charge is 0.250 e. The Morgan fingerprint density at radius 3 is 2.66 bits per heavy atom. The third-order valence-corrected chi connectivity index (χ3v) is 7.47. The minimum Gasteiger partial charge on any atom is -0.468 e. The van der Waals surface area contributed by atoms with Crippen LogP contribution in [0.2, 0.25) is 0 Å². The summed E-state index contributed by atoms with van der Waals surface area (Å²) in [6.07, 6.45) is 4.11. The highest BCUT2D eigenvalue weighted by atomic mass is 127. The molecule has 0 aromatic carbocycles. The van der Waals surface area contributed by atoms with Crippen molar-refractivity contribution in [3.05, 3.63) is 41.7 Å². The first-order valence-corrected chi connectivity index (χ1v) is 11.7. The van der Waals surface area contributed by atoms with E-state index >= 15 is 0 Å². The van der Waals surface area contributed by atoms with Crippen molar-refractivity contribution in [3.8, 4) is 0 Å². The fraction of sp³-hybridized carbons (Fsp3) is 0.500. The minimum absolute atomic E-state index is 0. The average Bonchev–Trinajstić information content (AvgIpc) is 3.46. The van der Waals surface area contributed by atoms with Gasteiger partial charge in [-0.1, -0.05) is 6.07 Å². The highest BCUT2D eigenvalue weighted by Crippen LogP contribution is 2.24. The Labute approximate surface area is 193 Å². The zero-order valence-corrected chi connectivity index (χ0v) is 20.3. The Morgan fingerprint density at radius 2 is 2.03 bits per heavy atom. The third-order valence-electron chi connectivity index (χ3n) is 4.61. The van der Waals surface area contributed by atoms with Crippen LogP contribution in [0, 0.1) is 0 Å². The molecule has 8 nitrogen and oxygen atoms in total. The quantitative estimate of drug-likeness (QED) is 0.191. The highest BCUT2D eigenvalue weighted by Gasteiger charge is 2.25. The van der Waals surface area contributed by atoms with E-state index in [1.807, 2.05) is 12.1 Å². The first-order chi connectivity index (χ1) is 13.6. The van der Waals surface area contributed by atoms with Gasteiger partial charge in [-0.3, -0.25) is 9.89 Å². The van der Waals surface area contributed by atoms with Gasteiger partial charge in [0.1, 0.15) is 9.97 Å². The molecular formula is C18H28IN5O3S2. The van der Waals surface area contributed by atoms with Crippen LogP contribution in [0.3, 0.4) is 0 Å². The van der Waals surface area contributed by atoms with Gasteiger partial charge in [0.15, 0.2) is 5.96 Å². The van der Waals surface area contributed by atoms with Crippen molar-refractivity contribution in [2.45, 2.75) is 23.1 Å². The molecule has 1 aliphatic heterocycles. The largest absolute Gasteiger partial charge is 0.468 e. The van der Waals surface area contributed by atoms with Crippen molar-refractivity contribution in [3.63, 3.8) is 0 Å². The van der Waals surface area contributed by atoms with Crippen LogP contribution < -0.4 is 15.4 Å². The summed E-state index contributed by atoms with van der Waals surface area (Å²) in [7, 11) is -1.74. The van der Waals surface area contributed by atoms with Crippen LogP contribution in [-0.2, 0) is 10.0 Å². The summed E-state index contributed by atoms with van der Waals surface area (Å²) in [5.74, 6) is 1.57. The number of guanidine groups is 1. The first kappa shape index (κ1) is 24.1. The molecule has 0 aliphatic carbocycles. The van der Waals surface area contributed by atoms with Crippen molar-refractivity contribution < 1.29 is 12.8 Å². The zero-order chi connectivity index (χ0) is 19.8. The van der Waals surface area contributed by atoms with Crippen molar-refractivity contribution in [1.82, 2.24) is 20.3 Å². The Balaban J connectivity index is 0.00000300. The van der Waals surface area contributed by atoms with E-state index in [4.69, 9.17) is 4.42 Å². The predicted molar refractivity (Wildman–Crippen MR) is 127 cm³/mol. The SMILES string of the molecule is CN=C(NCCNS(=O)(=O)c1cccs1)NCC(c1ccco1)N1CCCC1.I. The number of hydrogen-bond acceptors (Lipinski definition) is 6. The van der Waals surface area contributed by atoms with Crippen molar-refractivity contribution in [1.29, 1.82) is 0 Å². The molecule has 162 valence electrons. The lowest BCUT2D eigenvalue weighted by molar-refractivity contribution is 0.215. The molecule has 3 N–H and O–H groups in total. The Morgan fingerprint density at radius 1 is 1.24 bits per heavy atom. The molecule has 29 heavy (non-hydrogen) atoms. The van der Waals surface area contributed by atoms with Crippen LogP contribution >= 0.6 is 35.3 Å². The molecular weight excluding hydrogens is 525 g/mol. The number of aliphatic imine (C=N–C) groups is 1. The van der Waals surface area contributed by atoms with Crippen molar-refractivity contribution >= 4 is 51.3 Å². The molecule has 11 heteroatoms. The zero-order valence-electron chi connectivity index (χ0n) is 16.3. The molecule has 1 atom stereocenters. The van der Waals surface area contributed by atoms with E-state index in [9.17, 15) is 8.42 Å². The molecule has 2 aromatic rings. The topological polar surface area (TPSA) is 99.0 Å². The summed E-state index contributed by atoms with van der Waals surface area (Å²) < 4.78 is 32.8. The maximum Gasteiger partial charge on any atom is 0.250 e. The van der Waals surface area contributed by atoms with Gasteiger partial charge in [0.25, 0.3) is 0 Å². The van der Waals surface area contributed by atoms with E-state index in [0.29, 0.717) is 23.3 Å². The van der Waals surface area contributed by atoms with Gasteiger partial charge in [0.2, 0.25) is 10.0 Å². The predicted octanol–water partition coefficient (Wildman–Crippen LogP) is 2.24. The second kappa shape index (κ2) is 11.9. The van der Waals surface area contributed by atoms with Gasteiger partial charge >= 0.3 is 0 Å². The first-order valence-electron chi connectivity index (χ1n) is 9.35. The van der Waals surface area contributed by atoms with Crippen LogP contribution in [0.15, 0.2) is 49.5 Å². The monoisotopic (exact) mass is 553 g/mol. The highest BCUT2D eigenvalue weighted by molar-refractivity contribution is 14.0. The molecule has 0 bridgehead atoms. The van der Waals surface area contributed by atoms with Gasteiger partial charge in [0, 0.05) is 26.7 Å². The molecule has 0 spiro atoms. The number of nitrogens with zero attached hydrogens (tertiary/aromatic N) is 2. The molecule has 3 rings (SSSR count). The van der Waals surface area contributed by atoms with Gasteiger partial charge in [-0.05, 0) is 49.5 Å². The number of furan rings is 1. The summed E-state index contributed by atoms with van der Waals surface area (Å²) in [6.45, 7) is 3.48. The molecule has 0 amide bonds. The average molecular weight is 553 g/mol. The second-order valence-electron chi connectivity index (χ2n) is 6.48.